The highest BCUT2D eigenvalue weighted by molar-refractivity contribution is 5.96. The van der Waals surface area contributed by atoms with Crippen LogP contribution in [0.15, 0.2) is 30.5 Å². The van der Waals surface area contributed by atoms with Gasteiger partial charge in [0, 0.05) is 0 Å². The van der Waals surface area contributed by atoms with Crippen LogP contribution < -0.4 is 5.32 Å². The molecule has 1 N–H and O–H groups in total. The van der Waals surface area contributed by atoms with Crippen LogP contribution >= 0.6 is 0 Å². The van der Waals surface area contributed by atoms with Gasteiger partial charge in [0.25, 0.3) is 0 Å². The van der Waals surface area contributed by atoms with Crippen LogP contribution in [-0.4, -0.2) is 29.0 Å². The van der Waals surface area contributed by atoms with Crippen LogP contribution in [0.5, 0.6) is 0 Å². The molecule has 2 heterocycles. The lowest BCUT2D eigenvalue weighted by atomic mass is 10.2. The molecule has 2 rings (SSSR count). The monoisotopic (exact) mass is 189 g/mol. The third-order valence-electron chi connectivity index (χ3n) is 2.04. The summed E-state index contributed by atoms with van der Waals surface area (Å²) in [6.45, 7) is 0.332. The number of hydrogen-bond acceptors (Lipinski definition) is 3. The number of pyridine rings is 1. The number of carbonyl (C=O) groups is 1. The largest absolute Gasteiger partial charge is 0.313 e. The first kappa shape index (κ1) is 8.90. The zero-order valence-corrected chi connectivity index (χ0v) is 7.90. The van der Waals surface area contributed by atoms with Gasteiger partial charge in [0.15, 0.2) is 5.78 Å². The minimum Gasteiger partial charge on any atom is -0.313 e. The number of nitrogens with one attached hydrogen (secondary N) is 1. The average molecular weight is 189 g/mol. The topological polar surface area (TPSA) is 46.4 Å². The molecule has 0 aromatic carbocycles. The number of fused-ring (bicyclic) bond motifs is 1. The van der Waals surface area contributed by atoms with E-state index in [0.717, 1.165) is 5.52 Å². The Balaban J connectivity index is 2.50. The second kappa shape index (κ2) is 3.59. The van der Waals surface area contributed by atoms with E-state index >= 15 is 0 Å². The summed E-state index contributed by atoms with van der Waals surface area (Å²) in [6.07, 6.45) is 1.69. The zero-order valence-electron chi connectivity index (χ0n) is 7.90. The predicted molar refractivity (Wildman–Crippen MR) is 53.4 cm³/mol. The molecular formula is C10H11N3O. The first-order valence-electron chi connectivity index (χ1n) is 4.43. The second-order valence-corrected chi connectivity index (χ2v) is 3.03. The fourth-order valence-corrected chi connectivity index (χ4v) is 1.41. The Morgan fingerprint density at radius 2 is 2.36 bits per heavy atom. The van der Waals surface area contributed by atoms with E-state index in [1.807, 2.05) is 18.2 Å². The van der Waals surface area contributed by atoms with Crippen LogP contribution in [0.3, 0.4) is 0 Å². The summed E-state index contributed by atoms with van der Waals surface area (Å²) < 4.78 is 1.65. The lowest BCUT2D eigenvalue weighted by Gasteiger charge is -2.02. The maximum Gasteiger partial charge on any atom is 0.194 e. The Kier molecular flexibility index (Phi) is 2.28. The summed E-state index contributed by atoms with van der Waals surface area (Å²) in [4.78, 5) is 11.6. The smallest absolute Gasteiger partial charge is 0.194 e. The number of Topliss-reactive ketones (excluding diaryl/α,β-unsaturated/α-hetero) is 1. The number of carbonyl (C=O) groups excluding carboxylic acids is 1. The van der Waals surface area contributed by atoms with Crippen LogP contribution in [-0.2, 0) is 0 Å². The maximum absolute atomic E-state index is 11.6. The molecule has 0 radical (unpaired) electrons. The molecular weight excluding hydrogens is 178 g/mol. The maximum atomic E-state index is 11.6. The van der Waals surface area contributed by atoms with Crippen molar-refractivity contribution in [3.8, 4) is 0 Å². The molecule has 0 aliphatic rings. The van der Waals surface area contributed by atoms with Crippen molar-refractivity contribution >= 4 is 11.3 Å². The summed E-state index contributed by atoms with van der Waals surface area (Å²) in [5.41, 5.74) is 1.55. The van der Waals surface area contributed by atoms with Crippen molar-refractivity contribution in [1.29, 1.82) is 0 Å². The highest BCUT2D eigenvalue weighted by atomic mass is 16.1. The molecule has 0 bridgehead atoms. The molecule has 4 nitrogen and oxygen atoms in total. The molecule has 0 amide bonds. The van der Waals surface area contributed by atoms with E-state index in [1.54, 1.807) is 23.8 Å². The fraction of sp³-hybridized carbons (Fsp3) is 0.200. The van der Waals surface area contributed by atoms with Crippen LogP contribution in [0.25, 0.3) is 5.52 Å². The van der Waals surface area contributed by atoms with Crippen molar-refractivity contribution in [2.75, 3.05) is 13.6 Å². The Hall–Kier alpha value is -1.68. The van der Waals surface area contributed by atoms with Crippen LogP contribution in [0.4, 0.5) is 0 Å². The predicted octanol–water partition coefficient (Wildman–Crippen LogP) is 0.736. The van der Waals surface area contributed by atoms with E-state index in [1.165, 1.54) is 0 Å². The number of ketones is 1. The number of hydrogen-bond donors (Lipinski definition) is 1. The molecule has 0 spiro atoms. The average Bonchev–Trinajstić information content (AvgIpc) is 2.65. The molecule has 4 heteroatoms. The van der Waals surface area contributed by atoms with Gasteiger partial charge in [0.2, 0.25) is 0 Å². The standard InChI is InChI=1S/C10H11N3O/c1-11-7-10(14)9-4-2-3-8-5-6-12-13(8)9/h2-6,11H,7H2,1H3. The number of nitrogens with zero attached hydrogens (tertiary/aromatic N) is 2. The van der Waals surface area contributed by atoms with Gasteiger partial charge < -0.3 is 5.32 Å². The molecule has 0 aliphatic heterocycles. The molecule has 0 aliphatic carbocycles. The van der Waals surface area contributed by atoms with Crippen molar-refractivity contribution in [3.05, 3.63) is 36.2 Å². The molecule has 0 unspecified atom stereocenters. The molecule has 0 fully saturated rings. The lowest BCUT2D eigenvalue weighted by molar-refractivity contribution is 0.0986. The first-order chi connectivity index (χ1) is 6.83. The zero-order chi connectivity index (χ0) is 9.97. The van der Waals surface area contributed by atoms with Crippen LogP contribution in [0, 0.1) is 0 Å². The van der Waals surface area contributed by atoms with Gasteiger partial charge in [-0.05, 0) is 25.2 Å². The quantitative estimate of drug-likeness (QED) is 0.724. The second-order valence-electron chi connectivity index (χ2n) is 3.03. The molecule has 0 saturated heterocycles. The normalized spacial score (nSPS) is 10.6. The Morgan fingerprint density at radius 1 is 1.50 bits per heavy atom. The van der Waals surface area contributed by atoms with Gasteiger partial charge >= 0.3 is 0 Å². The molecule has 0 saturated carbocycles. The van der Waals surface area contributed by atoms with Gasteiger partial charge in [0.05, 0.1) is 18.3 Å². The minimum absolute atomic E-state index is 0.0433. The molecule has 2 aromatic heterocycles. The molecule has 0 atom stereocenters. The van der Waals surface area contributed by atoms with Crippen molar-refractivity contribution in [1.82, 2.24) is 14.9 Å². The van der Waals surface area contributed by atoms with E-state index in [2.05, 4.69) is 10.4 Å². The third kappa shape index (κ3) is 1.40. The van der Waals surface area contributed by atoms with Crippen molar-refractivity contribution in [3.63, 3.8) is 0 Å². The summed E-state index contributed by atoms with van der Waals surface area (Å²) in [5, 5.41) is 6.92. The van der Waals surface area contributed by atoms with Crippen molar-refractivity contribution in [2.24, 2.45) is 0 Å². The van der Waals surface area contributed by atoms with Gasteiger partial charge in [-0.25, -0.2) is 4.52 Å². The number of likely N-dealkylation sites (N-methyl/N-ethyl adjacent to an activating group) is 1. The summed E-state index contributed by atoms with van der Waals surface area (Å²) in [7, 11) is 1.75. The van der Waals surface area contributed by atoms with Gasteiger partial charge in [-0.15, -0.1) is 0 Å². The van der Waals surface area contributed by atoms with Gasteiger partial charge in [0.1, 0.15) is 5.69 Å². The molecule has 72 valence electrons. The Bertz CT molecular complexity index is 461. The highest BCUT2D eigenvalue weighted by Crippen LogP contribution is 2.06. The van der Waals surface area contributed by atoms with E-state index in [4.69, 9.17) is 0 Å². The van der Waals surface area contributed by atoms with E-state index in [9.17, 15) is 4.79 Å². The molecule has 2 aromatic rings. The summed E-state index contributed by atoms with van der Waals surface area (Å²) in [5.74, 6) is 0.0433. The van der Waals surface area contributed by atoms with Gasteiger partial charge in [-0.3, -0.25) is 4.79 Å². The third-order valence-corrected chi connectivity index (χ3v) is 2.04. The SMILES string of the molecule is CNCC(=O)c1cccc2ccnn12. The van der Waals surface area contributed by atoms with Crippen LogP contribution in [0.2, 0.25) is 0 Å². The fourth-order valence-electron chi connectivity index (χ4n) is 1.41. The van der Waals surface area contributed by atoms with E-state index in [-0.39, 0.29) is 5.78 Å². The Labute approximate surface area is 81.5 Å². The van der Waals surface area contributed by atoms with Gasteiger partial charge in [-0.2, -0.15) is 5.10 Å². The highest BCUT2D eigenvalue weighted by Gasteiger charge is 2.08. The lowest BCUT2D eigenvalue weighted by Crippen LogP contribution is -2.20. The van der Waals surface area contributed by atoms with E-state index < -0.39 is 0 Å². The van der Waals surface area contributed by atoms with E-state index in [0.29, 0.717) is 12.2 Å². The first-order valence-corrected chi connectivity index (χ1v) is 4.43. The molecule has 14 heavy (non-hydrogen) atoms. The van der Waals surface area contributed by atoms with Gasteiger partial charge in [-0.1, -0.05) is 6.07 Å². The minimum atomic E-state index is 0.0433. The van der Waals surface area contributed by atoms with Crippen LogP contribution in [0.1, 0.15) is 10.5 Å². The van der Waals surface area contributed by atoms with Crippen molar-refractivity contribution < 1.29 is 4.79 Å². The number of aromatic nitrogens is 2. The summed E-state index contributed by atoms with van der Waals surface area (Å²) >= 11 is 0. The van der Waals surface area contributed by atoms with Crippen molar-refractivity contribution in [2.45, 2.75) is 0 Å². The number of rotatable bonds is 3. The Morgan fingerprint density at radius 3 is 3.14 bits per heavy atom. The summed E-state index contributed by atoms with van der Waals surface area (Å²) in [6, 6.07) is 7.43.